The van der Waals surface area contributed by atoms with Crippen LogP contribution in [0, 0.1) is 15.5 Å². The molecule has 8 heteroatoms. The Labute approximate surface area is 115 Å². The highest BCUT2D eigenvalue weighted by molar-refractivity contribution is 5.76. The molecule has 0 bridgehead atoms. The van der Waals surface area contributed by atoms with E-state index in [-0.39, 0.29) is 36.3 Å². The highest BCUT2D eigenvalue weighted by Gasteiger charge is 2.39. The molecule has 2 atom stereocenters. The Morgan fingerprint density at radius 3 is 3.10 bits per heavy atom. The topological polar surface area (TPSA) is 110 Å². The van der Waals surface area contributed by atoms with Crippen LogP contribution >= 0.6 is 0 Å². The average molecular weight is 282 g/mol. The first-order valence-corrected chi connectivity index (χ1v) is 6.53. The number of carbonyl (C=O) groups is 1. The Morgan fingerprint density at radius 1 is 1.75 bits per heavy atom. The van der Waals surface area contributed by atoms with Gasteiger partial charge in [0.05, 0.1) is 24.0 Å². The molecule has 110 valence electrons. The van der Waals surface area contributed by atoms with Gasteiger partial charge in [-0.25, -0.2) is 0 Å². The molecule has 2 rings (SSSR count). The molecular formula is C12H18N4O4. The number of nitrogens with one attached hydrogen (secondary N) is 1. The Balaban J connectivity index is 1.93. The van der Waals surface area contributed by atoms with Crippen LogP contribution in [0.25, 0.3) is 0 Å². The molecular weight excluding hydrogens is 264 g/mol. The zero-order valence-electron chi connectivity index (χ0n) is 11.3. The Bertz CT molecular complexity index is 515. The molecule has 0 radical (unpaired) electrons. The lowest BCUT2D eigenvalue weighted by Gasteiger charge is -2.29. The molecule has 1 aromatic heterocycles. The Morgan fingerprint density at radius 2 is 2.50 bits per heavy atom. The zero-order valence-corrected chi connectivity index (χ0v) is 11.3. The van der Waals surface area contributed by atoms with Crippen LogP contribution in [0.15, 0.2) is 12.3 Å². The van der Waals surface area contributed by atoms with Crippen molar-refractivity contribution in [3.05, 3.63) is 22.4 Å². The monoisotopic (exact) mass is 282 g/mol. The van der Waals surface area contributed by atoms with Gasteiger partial charge in [0.25, 0.3) is 0 Å². The predicted octanol–water partition coefficient (Wildman–Crippen LogP) is 0.459. The number of carbonyl (C=O) groups excluding carboxylic acids is 1. The molecule has 8 nitrogen and oxygen atoms in total. The molecule has 0 aromatic carbocycles. The summed E-state index contributed by atoms with van der Waals surface area (Å²) in [5, 5.41) is 26.5. The second-order valence-electron chi connectivity index (χ2n) is 5.45. The first-order chi connectivity index (χ1) is 9.44. The summed E-state index contributed by atoms with van der Waals surface area (Å²) in [4.78, 5) is 21.8. The van der Waals surface area contributed by atoms with Crippen LogP contribution in [-0.4, -0.2) is 38.4 Å². The van der Waals surface area contributed by atoms with Crippen LogP contribution in [-0.2, 0) is 11.3 Å². The van der Waals surface area contributed by atoms with Gasteiger partial charge in [0, 0.05) is 11.5 Å². The summed E-state index contributed by atoms with van der Waals surface area (Å²) in [5.41, 5.74) is -0.286. The molecule has 1 aliphatic carbocycles. The molecule has 0 saturated heterocycles. The Kier molecular flexibility index (Phi) is 4.03. The van der Waals surface area contributed by atoms with E-state index >= 15 is 0 Å². The van der Waals surface area contributed by atoms with Crippen molar-refractivity contribution in [2.75, 3.05) is 6.61 Å². The normalized spacial score (nSPS) is 25.6. The summed E-state index contributed by atoms with van der Waals surface area (Å²) in [6.45, 7) is 1.92. The summed E-state index contributed by atoms with van der Waals surface area (Å²) in [5.74, 6) is -0.534. The number of hydrogen-bond donors (Lipinski definition) is 2. The van der Waals surface area contributed by atoms with Crippen molar-refractivity contribution >= 4 is 11.7 Å². The van der Waals surface area contributed by atoms with Crippen LogP contribution in [0.1, 0.15) is 26.2 Å². The molecule has 2 N–H and O–H groups in total. The van der Waals surface area contributed by atoms with E-state index in [0.717, 1.165) is 19.3 Å². The van der Waals surface area contributed by atoms with Crippen LogP contribution < -0.4 is 5.32 Å². The molecule has 2 unspecified atom stereocenters. The first kappa shape index (κ1) is 14.4. The van der Waals surface area contributed by atoms with E-state index in [9.17, 15) is 20.0 Å². The van der Waals surface area contributed by atoms with E-state index in [1.54, 1.807) is 0 Å². The lowest BCUT2D eigenvalue weighted by Crippen LogP contribution is -2.45. The number of aliphatic hydroxyl groups is 1. The fourth-order valence-electron chi connectivity index (χ4n) is 2.59. The van der Waals surface area contributed by atoms with Crippen LogP contribution in [0.2, 0.25) is 0 Å². The minimum atomic E-state index is -0.603. The summed E-state index contributed by atoms with van der Waals surface area (Å²) in [6.07, 6.45) is 4.08. The smallest absolute Gasteiger partial charge is 0.389 e. The third kappa shape index (κ3) is 2.96. The fourth-order valence-corrected chi connectivity index (χ4v) is 2.59. The number of aliphatic hydroxyl groups excluding tert-OH is 1. The third-order valence-electron chi connectivity index (χ3n) is 3.90. The van der Waals surface area contributed by atoms with Crippen LogP contribution in [0.4, 0.5) is 5.82 Å². The van der Waals surface area contributed by atoms with Gasteiger partial charge in [0.1, 0.15) is 6.54 Å². The van der Waals surface area contributed by atoms with E-state index in [1.165, 1.54) is 16.9 Å². The van der Waals surface area contributed by atoms with Crippen molar-refractivity contribution in [1.82, 2.24) is 15.1 Å². The van der Waals surface area contributed by atoms with Gasteiger partial charge in [0.2, 0.25) is 5.91 Å². The van der Waals surface area contributed by atoms with Crippen LogP contribution in [0.5, 0.6) is 0 Å². The molecule has 1 amide bonds. The predicted molar refractivity (Wildman–Crippen MR) is 69.9 cm³/mol. The van der Waals surface area contributed by atoms with Crippen molar-refractivity contribution in [3.63, 3.8) is 0 Å². The molecule has 1 saturated carbocycles. The third-order valence-corrected chi connectivity index (χ3v) is 3.90. The summed E-state index contributed by atoms with van der Waals surface area (Å²) in [6, 6.07) is 1.19. The van der Waals surface area contributed by atoms with Crippen molar-refractivity contribution in [3.8, 4) is 0 Å². The number of hydrogen-bond acceptors (Lipinski definition) is 5. The number of rotatable bonds is 5. The molecule has 1 heterocycles. The van der Waals surface area contributed by atoms with Gasteiger partial charge >= 0.3 is 5.82 Å². The summed E-state index contributed by atoms with van der Waals surface area (Å²) < 4.78 is 1.23. The van der Waals surface area contributed by atoms with Crippen molar-refractivity contribution in [2.24, 2.45) is 5.41 Å². The fraction of sp³-hybridized carbons (Fsp3) is 0.667. The van der Waals surface area contributed by atoms with E-state index in [2.05, 4.69) is 10.4 Å². The highest BCUT2D eigenvalue weighted by Crippen LogP contribution is 2.37. The largest absolute Gasteiger partial charge is 0.396 e. The second-order valence-corrected chi connectivity index (χ2v) is 5.45. The molecule has 1 fully saturated rings. The molecule has 1 aliphatic rings. The Hall–Kier alpha value is -1.96. The first-order valence-electron chi connectivity index (χ1n) is 6.53. The standard InChI is InChI=1S/C12H18N4O4/c1-12(8-17)5-2-3-9(12)13-11(18)7-15-6-4-10(14-15)16(19)20/h4,6,9,17H,2-3,5,7-8H2,1H3,(H,13,18). The number of amides is 1. The quantitative estimate of drug-likeness (QED) is 0.602. The van der Waals surface area contributed by atoms with E-state index in [4.69, 9.17) is 0 Å². The maximum absolute atomic E-state index is 11.9. The zero-order chi connectivity index (χ0) is 14.8. The van der Waals surface area contributed by atoms with Gasteiger partial charge in [-0.15, -0.1) is 0 Å². The lowest BCUT2D eigenvalue weighted by molar-refractivity contribution is -0.389. The van der Waals surface area contributed by atoms with Gasteiger partial charge in [-0.3, -0.25) is 4.79 Å². The highest BCUT2D eigenvalue weighted by atomic mass is 16.6. The van der Waals surface area contributed by atoms with Gasteiger partial charge in [-0.1, -0.05) is 13.3 Å². The minimum absolute atomic E-state index is 0.0329. The summed E-state index contributed by atoms with van der Waals surface area (Å²) in [7, 11) is 0. The molecule has 20 heavy (non-hydrogen) atoms. The average Bonchev–Trinajstić information content (AvgIpc) is 2.98. The molecule has 0 aliphatic heterocycles. The van der Waals surface area contributed by atoms with Gasteiger partial charge in [0.15, 0.2) is 0 Å². The minimum Gasteiger partial charge on any atom is -0.396 e. The van der Waals surface area contributed by atoms with Gasteiger partial charge in [-0.05, 0) is 17.8 Å². The van der Waals surface area contributed by atoms with E-state index < -0.39 is 4.92 Å². The van der Waals surface area contributed by atoms with E-state index in [0.29, 0.717) is 0 Å². The number of nitrogens with zero attached hydrogens (tertiary/aromatic N) is 3. The van der Waals surface area contributed by atoms with Crippen molar-refractivity contribution in [1.29, 1.82) is 0 Å². The SMILES string of the molecule is CC1(CO)CCCC1NC(=O)Cn1ccc([N+](=O)[O-])n1. The van der Waals surface area contributed by atoms with Crippen molar-refractivity contribution in [2.45, 2.75) is 38.8 Å². The van der Waals surface area contributed by atoms with Crippen LogP contribution in [0.3, 0.4) is 0 Å². The van der Waals surface area contributed by atoms with Gasteiger partial charge in [-0.2, -0.15) is 4.68 Å². The maximum Gasteiger partial charge on any atom is 0.389 e. The second kappa shape index (κ2) is 5.58. The lowest BCUT2D eigenvalue weighted by atomic mass is 9.86. The number of aromatic nitrogens is 2. The molecule has 1 aromatic rings. The molecule has 0 spiro atoms. The maximum atomic E-state index is 11.9. The van der Waals surface area contributed by atoms with E-state index in [1.807, 2.05) is 6.92 Å². The van der Waals surface area contributed by atoms with Crippen molar-refractivity contribution < 1.29 is 14.8 Å². The summed E-state index contributed by atoms with van der Waals surface area (Å²) >= 11 is 0. The van der Waals surface area contributed by atoms with Gasteiger partial charge < -0.3 is 20.5 Å². The number of nitro groups is 1.